The van der Waals surface area contributed by atoms with Gasteiger partial charge in [-0.15, -0.1) is 0 Å². The minimum Gasteiger partial charge on any atom is -0.473 e. The first-order valence-electron chi connectivity index (χ1n) is 11.1. The summed E-state index contributed by atoms with van der Waals surface area (Å²) < 4.78 is 49.1. The number of hydrogen-bond acceptors (Lipinski definition) is 8. The number of nitriles is 1. The Hall–Kier alpha value is -3.85. The normalized spacial score (nSPS) is 14.7. The maximum Gasteiger partial charge on any atom is 0.294 e. The zero-order valence-electron chi connectivity index (χ0n) is 19.5. The van der Waals surface area contributed by atoms with Crippen molar-refractivity contribution in [2.24, 2.45) is 0 Å². The largest absolute Gasteiger partial charge is 0.473 e. The van der Waals surface area contributed by atoms with Crippen LogP contribution >= 0.6 is 0 Å². The summed E-state index contributed by atoms with van der Waals surface area (Å²) in [6.45, 7) is 5.41. The smallest absolute Gasteiger partial charge is 0.294 e. The molecule has 11 heteroatoms. The van der Waals surface area contributed by atoms with Crippen molar-refractivity contribution in [3.63, 3.8) is 0 Å². The summed E-state index contributed by atoms with van der Waals surface area (Å²) in [5.74, 6) is 0.562. The Kier molecular flexibility index (Phi) is 7.59. The molecule has 1 aromatic heterocycles. The van der Waals surface area contributed by atoms with Gasteiger partial charge in [0.25, 0.3) is 10.1 Å². The maximum atomic E-state index is 13.9. The van der Waals surface area contributed by atoms with E-state index in [1.54, 1.807) is 36.5 Å². The van der Waals surface area contributed by atoms with Crippen molar-refractivity contribution < 1.29 is 22.1 Å². The summed E-state index contributed by atoms with van der Waals surface area (Å²) in [6.07, 6.45) is 1.65. The van der Waals surface area contributed by atoms with E-state index in [4.69, 9.17) is 14.6 Å². The second-order valence-corrected chi connectivity index (χ2v) is 9.78. The lowest BCUT2D eigenvalue weighted by molar-refractivity contribution is 0.287. The molecule has 0 saturated carbocycles. The fourth-order valence-electron chi connectivity index (χ4n) is 3.77. The van der Waals surface area contributed by atoms with Crippen molar-refractivity contribution in [2.75, 3.05) is 31.1 Å². The van der Waals surface area contributed by atoms with Gasteiger partial charge >= 0.3 is 0 Å². The average Bonchev–Trinajstić information content (AvgIpc) is 3.46. The highest BCUT2D eigenvalue weighted by Crippen LogP contribution is 2.25. The van der Waals surface area contributed by atoms with Gasteiger partial charge in [-0.3, -0.25) is 4.55 Å². The summed E-state index contributed by atoms with van der Waals surface area (Å²) in [5, 5.41) is 12.1. The van der Waals surface area contributed by atoms with Crippen LogP contribution in [0.25, 0.3) is 0 Å². The Morgan fingerprint density at radius 3 is 2.44 bits per heavy atom. The van der Waals surface area contributed by atoms with E-state index in [1.807, 2.05) is 13.0 Å². The topological polar surface area (TPSA) is 128 Å². The maximum absolute atomic E-state index is 13.9. The van der Waals surface area contributed by atoms with Crippen molar-refractivity contribution in [1.82, 2.24) is 15.3 Å². The zero-order valence-corrected chi connectivity index (χ0v) is 20.3. The van der Waals surface area contributed by atoms with Gasteiger partial charge < -0.3 is 15.0 Å². The van der Waals surface area contributed by atoms with Crippen LogP contribution in [0.3, 0.4) is 0 Å². The fourth-order valence-corrected chi connectivity index (χ4v) is 4.25. The molecular weight excluding hydrogens is 485 g/mol. The highest BCUT2D eigenvalue weighted by molar-refractivity contribution is 7.85. The molecule has 2 aromatic carbocycles. The lowest BCUT2D eigenvalue weighted by Crippen LogP contribution is -2.28. The van der Waals surface area contributed by atoms with Gasteiger partial charge in [0.05, 0.1) is 16.5 Å². The number of anilines is 1. The SMILES string of the molecule is Cc1ccc(S(=O)(=O)O)cc1.N#Cc1ccc(COc2ccnc(N3CC4=C(CNC4)C3)n2)c(F)c1. The van der Waals surface area contributed by atoms with E-state index < -0.39 is 15.9 Å². The molecule has 2 aliphatic rings. The highest BCUT2D eigenvalue weighted by Gasteiger charge is 2.26. The molecule has 0 radical (unpaired) electrons. The van der Waals surface area contributed by atoms with E-state index in [2.05, 4.69) is 20.2 Å². The molecule has 0 unspecified atom stereocenters. The molecule has 36 heavy (non-hydrogen) atoms. The molecule has 0 amide bonds. The van der Waals surface area contributed by atoms with Gasteiger partial charge in [0.1, 0.15) is 12.4 Å². The number of aryl methyl sites for hydroxylation is 1. The van der Waals surface area contributed by atoms with Gasteiger partial charge in [0.2, 0.25) is 11.8 Å². The minimum absolute atomic E-state index is 0.0483. The number of benzene rings is 2. The molecule has 0 saturated heterocycles. The predicted octanol–water partition coefficient (Wildman–Crippen LogP) is 3.03. The molecule has 0 spiro atoms. The molecule has 2 aliphatic heterocycles. The van der Waals surface area contributed by atoms with E-state index in [0.29, 0.717) is 17.4 Å². The van der Waals surface area contributed by atoms with Gasteiger partial charge in [-0.2, -0.15) is 18.7 Å². The van der Waals surface area contributed by atoms with Crippen molar-refractivity contribution in [3.05, 3.63) is 88.4 Å². The van der Waals surface area contributed by atoms with Crippen molar-refractivity contribution in [1.29, 1.82) is 5.26 Å². The highest BCUT2D eigenvalue weighted by atomic mass is 32.2. The molecule has 9 nitrogen and oxygen atoms in total. The summed E-state index contributed by atoms with van der Waals surface area (Å²) in [4.78, 5) is 10.8. The molecule has 0 aliphatic carbocycles. The fraction of sp³-hybridized carbons (Fsp3) is 0.240. The second-order valence-electron chi connectivity index (χ2n) is 8.36. The van der Waals surface area contributed by atoms with Crippen LogP contribution in [0.15, 0.2) is 70.8 Å². The molecule has 2 N–H and O–H groups in total. The molecule has 0 fully saturated rings. The molecule has 3 heterocycles. The number of aromatic nitrogens is 2. The first-order chi connectivity index (χ1) is 17.2. The van der Waals surface area contributed by atoms with Crippen LogP contribution in [-0.4, -0.2) is 49.1 Å². The van der Waals surface area contributed by atoms with Gasteiger partial charge in [-0.05, 0) is 42.3 Å². The summed E-state index contributed by atoms with van der Waals surface area (Å²) in [5.41, 5.74) is 4.45. The molecule has 186 valence electrons. The van der Waals surface area contributed by atoms with Gasteiger partial charge in [0, 0.05) is 44.0 Å². The number of rotatable bonds is 5. The standard InChI is InChI=1S/C18H16FN5O.C7H8O3S/c19-16-5-12(6-20)1-2-13(16)11-25-17-3-4-22-18(23-17)24-9-14-7-21-8-15(14)10-24;1-6-2-4-7(5-3-6)11(8,9)10/h1-5,21H,7-11H2;2-5H,1H3,(H,8,9,10). The Labute approximate surface area is 208 Å². The Balaban J connectivity index is 0.000000233. The Morgan fingerprint density at radius 2 is 1.83 bits per heavy atom. The molecule has 0 atom stereocenters. The first kappa shape index (κ1) is 25.2. The van der Waals surface area contributed by atoms with E-state index in [9.17, 15) is 12.8 Å². The van der Waals surface area contributed by atoms with Crippen LogP contribution in [0.4, 0.5) is 10.3 Å². The molecule has 3 aromatic rings. The molecular formula is C25H24FN5O4S. The van der Waals surface area contributed by atoms with Gasteiger partial charge in [-0.25, -0.2) is 9.37 Å². The predicted molar refractivity (Wildman–Crippen MR) is 131 cm³/mol. The lowest BCUT2D eigenvalue weighted by atomic mass is 10.1. The number of ether oxygens (including phenoxy) is 1. The van der Waals surface area contributed by atoms with E-state index in [0.717, 1.165) is 31.7 Å². The summed E-state index contributed by atoms with van der Waals surface area (Å²) in [6, 6.07) is 13.9. The van der Waals surface area contributed by atoms with Gasteiger partial charge in [-0.1, -0.05) is 23.8 Å². The third kappa shape index (κ3) is 6.23. The third-order valence-corrected chi connectivity index (χ3v) is 6.58. The van der Waals surface area contributed by atoms with Crippen LogP contribution in [0.5, 0.6) is 5.88 Å². The van der Waals surface area contributed by atoms with E-state index in [-0.39, 0.29) is 17.1 Å². The molecule has 0 bridgehead atoms. The number of nitrogens with one attached hydrogen (secondary N) is 1. The average molecular weight is 510 g/mol. The lowest BCUT2D eigenvalue weighted by Gasteiger charge is -2.18. The Bertz CT molecular complexity index is 1420. The quantitative estimate of drug-likeness (QED) is 0.394. The zero-order chi connectivity index (χ0) is 25.7. The van der Waals surface area contributed by atoms with Crippen molar-refractivity contribution in [2.45, 2.75) is 18.4 Å². The van der Waals surface area contributed by atoms with E-state index >= 15 is 0 Å². The van der Waals surface area contributed by atoms with Crippen molar-refractivity contribution >= 4 is 16.1 Å². The van der Waals surface area contributed by atoms with Gasteiger partial charge in [0.15, 0.2) is 0 Å². The Morgan fingerprint density at radius 1 is 1.14 bits per heavy atom. The first-order valence-corrected chi connectivity index (χ1v) is 12.5. The van der Waals surface area contributed by atoms with Crippen LogP contribution in [0.1, 0.15) is 16.7 Å². The van der Waals surface area contributed by atoms with Crippen LogP contribution in [0.2, 0.25) is 0 Å². The summed E-state index contributed by atoms with van der Waals surface area (Å²) in [7, 11) is -4.02. The monoisotopic (exact) mass is 509 g/mol. The number of halogens is 1. The third-order valence-electron chi connectivity index (χ3n) is 5.72. The number of hydrogen-bond donors (Lipinski definition) is 2. The number of nitrogens with zero attached hydrogens (tertiary/aromatic N) is 4. The van der Waals surface area contributed by atoms with E-state index in [1.165, 1.54) is 29.3 Å². The summed E-state index contributed by atoms with van der Waals surface area (Å²) >= 11 is 0. The van der Waals surface area contributed by atoms with Crippen molar-refractivity contribution in [3.8, 4) is 11.9 Å². The van der Waals surface area contributed by atoms with Crippen LogP contribution in [-0.2, 0) is 16.7 Å². The van der Waals surface area contributed by atoms with Crippen LogP contribution in [0, 0.1) is 24.1 Å². The second kappa shape index (κ2) is 10.8. The molecule has 5 rings (SSSR count). The van der Waals surface area contributed by atoms with Crippen LogP contribution < -0.4 is 15.0 Å². The minimum atomic E-state index is -4.02.